The third-order valence-corrected chi connectivity index (χ3v) is 1.34. The van der Waals surface area contributed by atoms with E-state index in [0.717, 1.165) is 0 Å². The second-order valence-corrected chi connectivity index (χ2v) is 9.13. The minimum absolute atomic E-state index is 0. The molecule has 0 radical (unpaired) electrons. The van der Waals surface area contributed by atoms with Gasteiger partial charge in [-0.25, -0.2) is 26.3 Å². The molecule has 0 aliphatic heterocycles. The molecule has 0 atom stereocenters. The van der Waals surface area contributed by atoms with Gasteiger partial charge in [0.2, 0.25) is 22.2 Å². The van der Waals surface area contributed by atoms with Gasteiger partial charge in [-0.1, -0.05) is 0 Å². The van der Waals surface area contributed by atoms with E-state index in [1.54, 1.807) is 0 Å². The molecule has 0 aromatic carbocycles. The van der Waals surface area contributed by atoms with Gasteiger partial charge in [0.25, 0.3) is 0 Å². The second kappa shape index (κ2) is 24.2. The maximum Gasteiger partial charge on any atom is 0 e. The average Bonchev–Trinajstić information content (AvgIpc) is 2.57. The molecule has 0 bridgehead atoms. The Morgan fingerprint density at radius 2 is 0.414 bits per heavy atom. The van der Waals surface area contributed by atoms with Crippen LogP contribution in [-0.4, -0.2) is 22.2 Å². The fraction of sp³-hybridized carbons (Fsp3) is 0.727. The van der Waals surface area contributed by atoms with E-state index in [1.165, 1.54) is 0 Å². The molecule has 0 aliphatic rings. The van der Waals surface area contributed by atoms with Gasteiger partial charge in [-0.2, -0.15) is 0 Å². The first-order valence-corrected chi connectivity index (χ1v) is 8.20. The Labute approximate surface area is 194 Å². The molecule has 0 unspecified atom stereocenters. The van der Waals surface area contributed by atoms with Crippen molar-refractivity contribution in [2.24, 2.45) is 0 Å². The number of hydrogen-bond donors (Lipinski definition) is 0. The Kier molecular flexibility index (Phi) is 38.1. The van der Waals surface area contributed by atoms with Gasteiger partial charge in [0.15, 0.2) is 0 Å². The van der Waals surface area contributed by atoms with E-state index >= 15 is 0 Å². The average molecular weight is 484 g/mol. The first kappa shape index (κ1) is 45.7. The molecule has 0 saturated heterocycles. The predicted molar refractivity (Wildman–Crippen MR) is 113 cm³/mol. The van der Waals surface area contributed by atoms with E-state index in [9.17, 15) is 0 Å². The van der Waals surface area contributed by atoms with Gasteiger partial charge in [0, 0.05) is 104 Å². The summed E-state index contributed by atoms with van der Waals surface area (Å²) >= 11 is 0. The van der Waals surface area contributed by atoms with Crippen LogP contribution in [0.2, 0.25) is 0 Å². The van der Waals surface area contributed by atoms with Crippen LogP contribution in [0.4, 0.5) is 0 Å². The van der Waals surface area contributed by atoms with Crippen molar-refractivity contribution < 1.29 is 30.4 Å². The van der Waals surface area contributed by atoms with Crippen molar-refractivity contribution >= 4 is 0 Å². The third kappa shape index (κ3) is 148. The van der Waals surface area contributed by atoms with E-state index < -0.39 is 0 Å². The van der Waals surface area contributed by atoms with Crippen molar-refractivity contribution in [3.05, 3.63) is 59.0 Å². The Bertz CT molecular complexity index is 467. The minimum atomic E-state index is -0.167. The van der Waals surface area contributed by atoms with Crippen LogP contribution in [0.15, 0.2) is 0 Å². The van der Waals surface area contributed by atoms with Gasteiger partial charge in [-0.3, -0.25) is 0 Å². The van der Waals surface area contributed by atoms with Crippen molar-refractivity contribution in [1.82, 2.24) is 0 Å². The topological polar surface area (TPSA) is 57.2 Å². The Balaban J connectivity index is -0.0000000415. The Hall–Kier alpha value is -1.87. The summed E-state index contributed by atoms with van der Waals surface area (Å²) in [7, 11) is 0. The summed E-state index contributed by atoms with van der Waals surface area (Å²) in [5.41, 5.74) is -0.667. The van der Waals surface area contributed by atoms with Gasteiger partial charge in [-0.05, 0) is 0 Å². The zero-order chi connectivity index (χ0) is 24.8. The van der Waals surface area contributed by atoms with Crippen molar-refractivity contribution in [3.8, 4) is 0 Å². The molecule has 0 aliphatic carbocycles. The van der Waals surface area contributed by atoms with Gasteiger partial charge in [0.05, 0.1) is 0 Å². The number of nitrogens with zero attached hydrogens (tertiary/aromatic N) is 4. The molecule has 0 saturated carbocycles. The zero-order valence-corrected chi connectivity index (χ0v) is 22.0. The van der Waals surface area contributed by atoms with Crippen LogP contribution in [0.5, 0.6) is 0 Å². The molecule has 0 aromatic heterocycles. The Morgan fingerprint density at radius 1 is 0.379 bits per heavy atom. The summed E-state index contributed by atoms with van der Waals surface area (Å²) in [5, 5.41) is 0. The fourth-order valence-electron chi connectivity index (χ4n) is 0. The molecule has 6 nitrogen and oxygen atoms in total. The van der Waals surface area contributed by atoms with Crippen LogP contribution < -0.4 is 0 Å². The Morgan fingerprint density at radius 3 is 0.414 bits per heavy atom. The first-order valence-electron chi connectivity index (χ1n) is 8.20. The normalized spacial score (nSPS) is 8.69. The molecule has 7 heteroatoms. The van der Waals surface area contributed by atoms with E-state index in [4.69, 9.17) is 35.6 Å². The molecule has 162 valence electrons. The van der Waals surface area contributed by atoms with E-state index in [0.29, 0.717) is 0 Å². The summed E-state index contributed by atoms with van der Waals surface area (Å²) in [6.07, 6.45) is 0. The maximum atomic E-state index is 7.50. The van der Waals surface area contributed by atoms with Crippen LogP contribution in [-0.2, 0) is 30.4 Å². The van der Waals surface area contributed by atoms with Gasteiger partial charge < -0.3 is 19.4 Å². The third-order valence-electron chi connectivity index (χ3n) is 1.34. The van der Waals surface area contributed by atoms with Gasteiger partial charge >= 0.3 is 22.6 Å². The summed E-state index contributed by atoms with van der Waals surface area (Å²) in [6, 6.07) is 0. The van der Waals surface area contributed by atoms with Crippen molar-refractivity contribution in [2.75, 3.05) is 0 Å². The molecule has 0 aromatic rings. The van der Waals surface area contributed by atoms with Crippen LogP contribution in [0.1, 0.15) is 83.1 Å². The SMILES string of the molecule is [C-]#[N+]C(C)(C)C.[C-]#[N+]C(C)(C)C.[C-]#[N+]C(C)(C)C.[C-]#[N+]C(C)(C)C.[C-]#[O+].[C-]#[O+].[Mo]. The minimum Gasteiger partial charge on any atom is 0 e. The predicted octanol–water partition coefficient (Wildman–Crippen LogP) is 6.74. The van der Waals surface area contributed by atoms with E-state index in [-0.39, 0.29) is 43.2 Å². The number of rotatable bonds is 0. The summed E-state index contributed by atoms with van der Waals surface area (Å²) in [4.78, 5) is 13.1. The summed E-state index contributed by atoms with van der Waals surface area (Å²) in [6.45, 7) is 57.6. The van der Waals surface area contributed by atoms with E-state index in [1.807, 2.05) is 83.1 Å². The standard InChI is InChI=1S/4C5H9N.2CO.Mo/c4*1-5(2,3)6-4;2*1-2;/h4*1-3H3;;;. The summed E-state index contributed by atoms with van der Waals surface area (Å²) < 4.78 is 15.0. The molecule has 0 fully saturated rings. The van der Waals surface area contributed by atoms with Crippen molar-refractivity contribution in [3.63, 3.8) is 0 Å². The van der Waals surface area contributed by atoms with Crippen molar-refractivity contribution in [2.45, 2.75) is 105 Å². The van der Waals surface area contributed by atoms with Crippen LogP contribution in [0.25, 0.3) is 19.4 Å². The number of hydrogen-bond acceptors (Lipinski definition) is 0. The maximum absolute atomic E-state index is 7.50. The molecule has 0 spiro atoms. The fourth-order valence-corrected chi connectivity index (χ4v) is 0. The van der Waals surface area contributed by atoms with Crippen LogP contribution in [0.3, 0.4) is 0 Å². The molecule has 0 N–H and O–H groups in total. The zero-order valence-electron chi connectivity index (χ0n) is 20.0. The molecule has 29 heavy (non-hydrogen) atoms. The first-order chi connectivity index (χ1) is 12.2. The molecule has 0 amide bonds. The summed E-state index contributed by atoms with van der Waals surface area (Å²) in [5.74, 6) is 0. The molecule has 0 heterocycles. The molecular formula is C22H36MoN4O2. The van der Waals surface area contributed by atoms with Crippen LogP contribution in [0, 0.1) is 39.6 Å². The van der Waals surface area contributed by atoms with E-state index in [2.05, 4.69) is 32.7 Å². The smallest absolute Gasteiger partial charge is 0 e. The van der Waals surface area contributed by atoms with Crippen LogP contribution >= 0.6 is 0 Å². The molecule has 0 rings (SSSR count). The van der Waals surface area contributed by atoms with Gasteiger partial charge in [0.1, 0.15) is 0 Å². The quantitative estimate of drug-likeness (QED) is 0.208. The largest absolute Gasteiger partial charge is 0 e. The monoisotopic (exact) mass is 486 g/mol. The van der Waals surface area contributed by atoms with Gasteiger partial charge in [-0.15, -0.1) is 0 Å². The van der Waals surface area contributed by atoms with Crippen molar-refractivity contribution in [1.29, 1.82) is 0 Å². The molecular weight excluding hydrogens is 448 g/mol. The second-order valence-electron chi connectivity index (χ2n) is 9.13.